The van der Waals surface area contributed by atoms with Crippen molar-refractivity contribution in [2.24, 2.45) is 11.8 Å². The van der Waals surface area contributed by atoms with Crippen molar-refractivity contribution in [2.45, 2.75) is 6.92 Å². The summed E-state index contributed by atoms with van der Waals surface area (Å²) in [6, 6.07) is 7.26. The summed E-state index contributed by atoms with van der Waals surface area (Å²) >= 11 is 0. The number of carboxylic acids is 1. The number of aliphatic carboxylic acids is 1. The van der Waals surface area contributed by atoms with Gasteiger partial charge in [-0.25, -0.2) is 0 Å². The predicted octanol–water partition coefficient (Wildman–Crippen LogP) is 1.46. The summed E-state index contributed by atoms with van der Waals surface area (Å²) in [5.41, 5.74) is 7.18. The number of nitrogens with zero attached hydrogens (tertiary/aromatic N) is 1. The second-order valence-corrected chi connectivity index (χ2v) is 5.13. The van der Waals surface area contributed by atoms with E-state index in [0.717, 1.165) is 5.56 Å². The van der Waals surface area contributed by atoms with Gasteiger partial charge in [0.15, 0.2) is 0 Å². The van der Waals surface area contributed by atoms with Crippen molar-refractivity contribution >= 4 is 23.6 Å². The number of nitrogen functional groups attached to an aromatic ring is 1. The molecule has 1 aliphatic rings. The summed E-state index contributed by atoms with van der Waals surface area (Å²) in [6.45, 7) is 2.69. The molecule has 0 spiro atoms. The number of carboxylic acid groups (broad SMARTS) is 1. The van der Waals surface area contributed by atoms with Crippen molar-refractivity contribution in [1.29, 1.82) is 0 Å². The van der Waals surface area contributed by atoms with Crippen molar-refractivity contribution in [3.63, 3.8) is 0 Å². The van der Waals surface area contributed by atoms with E-state index in [0.29, 0.717) is 18.8 Å². The molecular weight excluding hydrogens is 256 g/mol. The lowest BCUT2D eigenvalue weighted by atomic mass is 9.87. The molecule has 0 aliphatic carbocycles. The van der Waals surface area contributed by atoms with E-state index in [2.05, 4.69) is 0 Å². The summed E-state index contributed by atoms with van der Waals surface area (Å²) in [6.07, 6.45) is 3.21. The van der Waals surface area contributed by atoms with E-state index in [-0.39, 0.29) is 11.8 Å². The van der Waals surface area contributed by atoms with Gasteiger partial charge in [0.2, 0.25) is 5.91 Å². The van der Waals surface area contributed by atoms with Crippen LogP contribution >= 0.6 is 0 Å². The fourth-order valence-corrected chi connectivity index (χ4v) is 2.15. The van der Waals surface area contributed by atoms with Gasteiger partial charge in [0, 0.05) is 30.8 Å². The Morgan fingerprint density at radius 2 is 2.15 bits per heavy atom. The molecule has 2 rings (SSSR count). The number of nitrogens with two attached hydrogens (primary N) is 1. The smallest absolute Gasteiger partial charge is 0.306 e. The minimum Gasteiger partial charge on any atom is -0.481 e. The first-order valence-corrected chi connectivity index (χ1v) is 6.52. The average molecular weight is 274 g/mol. The van der Waals surface area contributed by atoms with Crippen LogP contribution in [0, 0.1) is 11.8 Å². The second kappa shape index (κ2) is 5.77. The minimum atomic E-state index is -0.808. The molecule has 5 heteroatoms. The Morgan fingerprint density at radius 3 is 2.75 bits per heavy atom. The normalized spacial score (nSPS) is 16.9. The molecule has 1 aliphatic heterocycles. The Kier molecular flexibility index (Phi) is 4.08. The molecule has 0 aromatic heterocycles. The van der Waals surface area contributed by atoms with Crippen LogP contribution in [0.4, 0.5) is 5.69 Å². The van der Waals surface area contributed by atoms with Gasteiger partial charge in [-0.15, -0.1) is 0 Å². The van der Waals surface area contributed by atoms with Crippen molar-refractivity contribution in [2.75, 3.05) is 18.8 Å². The molecule has 1 unspecified atom stereocenters. The zero-order valence-electron chi connectivity index (χ0n) is 11.3. The van der Waals surface area contributed by atoms with E-state index in [9.17, 15) is 9.59 Å². The lowest BCUT2D eigenvalue weighted by molar-refractivity contribution is -0.148. The van der Waals surface area contributed by atoms with Crippen LogP contribution in [0.3, 0.4) is 0 Å². The van der Waals surface area contributed by atoms with E-state index >= 15 is 0 Å². The molecule has 0 bridgehead atoms. The Bertz CT molecular complexity index is 548. The van der Waals surface area contributed by atoms with Crippen LogP contribution in [0.15, 0.2) is 30.3 Å². The maximum Gasteiger partial charge on any atom is 0.306 e. The number of likely N-dealkylation sites (tertiary alicyclic amines) is 1. The molecule has 0 saturated carbocycles. The monoisotopic (exact) mass is 274 g/mol. The molecule has 1 fully saturated rings. The summed E-state index contributed by atoms with van der Waals surface area (Å²) in [7, 11) is 0. The largest absolute Gasteiger partial charge is 0.481 e. The maximum atomic E-state index is 11.9. The predicted molar refractivity (Wildman–Crippen MR) is 76.8 cm³/mol. The second-order valence-electron chi connectivity index (χ2n) is 5.13. The number of anilines is 1. The molecule has 5 nitrogen and oxygen atoms in total. The van der Waals surface area contributed by atoms with Gasteiger partial charge in [-0.1, -0.05) is 19.1 Å². The fraction of sp³-hybridized carbons (Fsp3) is 0.333. The zero-order valence-corrected chi connectivity index (χ0v) is 11.3. The lowest BCUT2D eigenvalue weighted by Crippen LogP contribution is -2.53. The van der Waals surface area contributed by atoms with Crippen LogP contribution in [0.2, 0.25) is 0 Å². The molecule has 1 atom stereocenters. The van der Waals surface area contributed by atoms with Crippen LogP contribution in [-0.4, -0.2) is 35.0 Å². The van der Waals surface area contributed by atoms with Gasteiger partial charge in [0.1, 0.15) is 0 Å². The number of carbonyl (C=O) groups is 2. The van der Waals surface area contributed by atoms with E-state index in [4.69, 9.17) is 10.8 Å². The van der Waals surface area contributed by atoms with Crippen molar-refractivity contribution in [3.05, 3.63) is 35.9 Å². The molecule has 1 saturated heterocycles. The molecule has 1 aromatic rings. The number of hydrogen-bond acceptors (Lipinski definition) is 3. The van der Waals surface area contributed by atoms with E-state index in [1.165, 1.54) is 6.08 Å². The molecule has 20 heavy (non-hydrogen) atoms. The van der Waals surface area contributed by atoms with Gasteiger partial charge < -0.3 is 15.7 Å². The molecule has 1 aromatic carbocycles. The summed E-state index contributed by atoms with van der Waals surface area (Å²) in [4.78, 5) is 24.4. The summed E-state index contributed by atoms with van der Waals surface area (Å²) < 4.78 is 0. The third kappa shape index (κ3) is 3.17. The van der Waals surface area contributed by atoms with Crippen molar-refractivity contribution in [1.82, 2.24) is 4.90 Å². The molecule has 0 radical (unpaired) electrons. The van der Waals surface area contributed by atoms with Gasteiger partial charge in [0.25, 0.3) is 0 Å². The Balaban J connectivity index is 1.87. The van der Waals surface area contributed by atoms with Crippen molar-refractivity contribution < 1.29 is 14.7 Å². The summed E-state index contributed by atoms with van der Waals surface area (Å²) in [5, 5.41) is 8.89. The zero-order chi connectivity index (χ0) is 14.7. The third-order valence-corrected chi connectivity index (χ3v) is 3.65. The standard InChI is InChI=1S/C15H18N2O3/c1-10(15(19)20)12-8-17(9-12)14(18)6-5-11-3-2-4-13(16)7-11/h2-7,10,12H,8-9,16H2,1H3,(H,19,20)/b6-5+. The van der Waals surface area contributed by atoms with E-state index in [1.54, 1.807) is 30.0 Å². The molecule has 3 N–H and O–H groups in total. The highest BCUT2D eigenvalue weighted by Gasteiger charge is 2.36. The van der Waals surface area contributed by atoms with Crippen LogP contribution in [0.1, 0.15) is 12.5 Å². The molecule has 106 valence electrons. The molecule has 1 heterocycles. The minimum absolute atomic E-state index is 0.0530. The van der Waals surface area contributed by atoms with Gasteiger partial charge in [0.05, 0.1) is 5.92 Å². The van der Waals surface area contributed by atoms with E-state index < -0.39 is 11.9 Å². The Morgan fingerprint density at radius 1 is 1.45 bits per heavy atom. The number of carbonyl (C=O) groups excluding carboxylic acids is 1. The van der Waals surface area contributed by atoms with Crippen molar-refractivity contribution in [3.8, 4) is 0 Å². The lowest BCUT2D eigenvalue weighted by Gasteiger charge is -2.40. The van der Waals surface area contributed by atoms with Gasteiger partial charge in [-0.2, -0.15) is 0 Å². The maximum absolute atomic E-state index is 11.9. The summed E-state index contributed by atoms with van der Waals surface area (Å²) in [5.74, 6) is -1.26. The quantitative estimate of drug-likeness (QED) is 0.643. The van der Waals surface area contributed by atoms with Crippen LogP contribution in [-0.2, 0) is 9.59 Å². The highest BCUT2D eigenvalue weighted by Crippen LogP contribution is 2.24. The topological polar surface area (TPSA) is 83.6 Å². The fourth-order valence-electron chi connectivity index (χ4n) is 2.15. The highest BCUT2D eigenvalue weighted by atomic mass is 16.4. The van der Waals surface area contributed by atoms with Crippen LogP contribution in [0.5, 0.6) is 0 Å². The number of hydrogen-bond donors (Lipinski definition) is 2. The third-order valence-electron chi connectivity index (χ3n) is 3.65. The van der Waals surface area contributed by atoms with Gasteiger partial charge in [-0.05, 0) is 23.8 Å². The van der Waals surface area contributed by atoms with Crippen LogP contribution in [0.25, 0.3) is 6.08 Å². The van der Waals surface area contributed by atoms with Gasteiger partial charge >= 0.3 is 5.97 Å². The Hall–Kier alpha value is -2.30. The first-order valence-electron chi connectivity index (χ1n) is 6.52. The van der Waals surface area contributed by atoms with Crippen LogP contribution < -0.4 is 5.73 Å². The van der Waals surface area contributed by atoms with E-state index in [1.807, 2.05) is 12.1 Å². The molecular formula is C15H18N2O3. The highest BCUT2D eigenvalue weighted by molar-refractivity contribution is 5.92. The number of rotatable bonds is 4. The first kappa shape index (κ1) is 14.1. The number of benzene rings is 1. The number of amides is 1. The first-order chi connectivity index (χ1) is 9.47. The average Bonchev–Trinajstić information content (AvgIpc) is 2.34. The van der Waals surface area contributed by atoms with Gasteiger partial charge in [-0.3, -0.25) is 9.59 Å². The SMILES string of the molecule is CC(C(=O)O)C1CN(C(=O)/C=C/c2cccc(N)c2)C1. The Labute approximate surface area is 117 Å². The molecule has 1 amide bonds.